The van der Waals surface area contributed by atoms with Gasteiger partial charge in [0.1, 0.15) is 11.6 Å². The number of benzene rings is 2. The Labute approximate surface area is 155 Å². The fourth-order valence-corrected chi connectivity index (χ4v) is 2.09. The average molecular weight is 374 g/mol. The summed E-state index contributed by atoms with van der Waals surface area (Å²) in [4.78, 5) is 34.9. The molecule has 0 aliphatic carbocycles. The van der Waals surface area contributed by atoms with Crippen LogP contribution in [0.2, 0.25) is 0 Å². The molecule has 2 N–H and O–H groups in total. The van der Waals surface area contributed by atoms with Crippen LogP contribution in [-0.2, 0) is 19.1 Å². The normalized spacial score (nSPS) is 11.2. The second-order valence-corrected chi connectivity index (χ2v) is 5.63. The third-order valence-corrected chi connectivity index (χ3v) is 3.27. The molecule has 0 aromatic heterocycles. The highest BCUT2D eigenvalue weighted by molar-refractivity contribution is 5.94. The Balaban J connectivity index is 1.81. The highest BCUT2D eigenvalue weighted by Gasteiger charge is 2.18. The number of nitrogens with one attached hydrogen (secondary N) is 2. The molecule has 2 amide bonds. The highest BCUT2D eigenvalue weighted by atomic mass is 19.1. The summed E-state index contributed by atoms with van der Waals surface area (Å²) in [6, 6.07) is 11.7. The summed E-state index contributed by atoms with van der Waals surface area (Å²) >= 11 is 0. The van der Waals surface area contributed by atoms with Gasteiger partial charge in [-0.05, 0) is 49.4 Å². The molecule has 2 aromatic rings. The van der Waals surface area contributed by atoms with E-state index in [1.807, 2.05) is 0 Å². The van der Waals surface area contributed by atoms with Crippen LogP contribution in [0, 0.1) is 5.82 Å². The van der Waals surface area contributed by atoms with Gasteiger partial charge >= 0.3 is 5.97 Å². The van der Waals surface area contributed by atoms with Crippen LogP contribution in [0.3, 0.4) is 0 Å². The van der Waals surface area contributed by atoms with Gasteiger partial charge in [-0.25, -0.2) is 9.18 Å². The van der Waals surface area contributed by atoms with Crippen LogP contribution in [0.15, 0.2) is 48.5 Å². The first-order chi connectivity index (χ1) is 12.8. The number of hydrogen-bond donors (Lipinski definition) is 2. The zero-order chi connectivity index (χ0) is 19.8. The maximum atomic E-state index is 12.8. The Morgan fingerprint density at radius 2 is 1.67 bits per heavy atom. The lowest BCUT2D eigenvalue weighted by Crippen LogP contribution is -2.29. The minimum Gasteiger partial charge on any atom is -0.479 e. The number of ether oxygens (including phenoxy) is 2. The maximum Gasteiger partial charge on any atom is 0.347 e. The Morgan fingerprint density at radius 3 is 2.30 bits per heavy atom. The molecule has 0 unspecified atom stereocenters. The van der Waals surface area contributed by atoms with Crippen LogP contribution < -0.4 is 15.4 Å². The molecule has 0 bridgehead atoms. The van der Waals surface area contributed by atoms with Crippen LogP contribution in [0.5, 0.6) is 5.75 Å². The predicted molar refractivity (Wildman–Crippen MR) is 96.8 cm³/mol. The van der Waals surface area contributed by atoms with Crippen LogP contribution in [0.25, 0.3) is 0 Å². The summed E-state index contributed by atoms with van der Waals surface area (Å²) in [5.74, 6) is -1.63. The zero-order valence-electron chi connectivity index (χ0n) is 14.8. The van der Waals surface area contributed by atoms with E-state index in [1.165, 1.54) is 38.1 Å². The number of carbonyl (C=O) groups is 3. The smallest absolute Gasteiger partial charge is 0.347 e. The van der Waals surface area contributed by atoms with E-state index in [4.69, 9.17) is 9.47 Å². The highest BCUT2D eigenvalue weighted by Crippen LogP contribution is 2.15. The first-order valence-corrected chi connectivity index (χ1v) is 8.10. The number of carbonyl (C=O) groups excluding carboxylic acids is 3. The lowest BCUT2D eigenvalue weighted by molar-refractivity contribution is -0.153. The Bertz CT molecular complexity index is 823. The fourth-order valence-electron chi connectivity index (χ4n) is 2.09. The first-order valence-electron chi connectivity index (χ1n) is 8.10. The number of halogens is 1. The maximum absolute atomic E-state index is 12.8. The molecule has 0 saturated carbocycles. The van der Waals surface area contributed by atoms with Gasteiger partial charge in [0.05, 0.1) is 0 Å². The van der Waals surface area contributed by atoms with E-state index < -0.39 is 30.4 Å². The molecule has 27 heavy (non-hydrogen) atoms. The molecule has 7 nitrogen and oxygen atoms in total. The van der Waals surface area contributed by atoms with Gasteiger partial charge in [-0.1, -0.05) is 6.07 Å². The Morgan fingerprint density at radius 1 is 1.04 bits per heavy atom. The van der Waals surface area contributed by atoms with E-state index in [9.17, 15) is 18.8 Å². The van der Waals surface area contributed by atoms with Crippen LogP contribution in [-0.4, -0.2) is 30.5 Å². The van der Waals surface area contributed by atoms with Gasteiger partial charge in [-0.15, -0.1) is 0 Å². The molecule has 142 valence electrons. The molecule has 0 aliphatic heterocycles. The SMILES string of the molecule is CC(=O)Nc1cccc(NC(=O)COC(=O)[C@@H](C)Oc2ccc(F)cc2)c1. The average Bonchev–Trinajstić information content (AvgIpc) is 2.61. The first kappa shape index (κ1) is 19.9. The molecule has 2 rings (SSSR count). The molecule has 0 heterocycles. The standard InChI is InChI=1S/C19H19FN2O5/c1-12(27-17-8-6-14(20)7-9-17)19(25)26-11-18(24)22-16-5-3-4-15(10-16)21-13(2)23/h3-10,12H,11H2,1-2H3,(H,21,23)(H,22,24)/t12-/m1/s1. The molecular formula is C19H19FN2O5. The van der Waals surface area contributed by atoms with Crippen LogP contribution >= 0.6 is 0 Å². The lowest BCUT2D eigenvalue weighted by Gasteiger charge is -2.14. The van der Waals surface area contributed by atoms with Crippen molar-refractivity contribution < 1.29 is 28.2 Å². The number of hydrogen-bond acceptors (Lipinski definition) is 5. The second-order valence-electron chi connectivity index (χ2n) is 5.63. The Kier molecular flexibility index (Phi) is 6.87. The molecule has 8 heteroatoms. The number of amides is 2. The summed E-state index contributed by atoms with van der Waals surface area (Å²) in [6.45, 7) is 2.33. The van der Waals surface area contributed by atoms with Gasteiger partial charge in [0, 0.05) is 18.3 Å². The van der Waals surface area contributed by atoms with E-state index in [0.717, 1.165) is 0 Å². The van der Waals surface area contributed by atoms with E-state index in [0.29, 0.717) is 17.1 Å². The monoisotopic (exact) mass is 374 g/mol. The molecule has 0 aliphatic rings. The molecule has 1 atom stereocenters. The summed E-state index contributed by atoms with van der Waals surface area (Å²) in [6.07, 6.45) is -0.966. The molecule has 0 fully saturated rings. The minimum atomic E-state index is -0.966. The van der Waals surface area contributed by atoms with Gasteiger partial charge in [0.25, 0.3) is 5.91 Å². The molecule has 0 saturated heterocycles. The van der Waals surface area contributed by atoms with Crippen molar-refractivity contribution in [1.82, 2.24) is 0 Å². The summed E-state index contributed by atoms with van der Waals surface area (Å²) in [5.41, 5.74) is 0.969. The van der Waals surface area contributed by atoms with Gasteiger partial charge < -0.3 is 20.1 Å². The van der Waals surface area contributed by atoms with Gasteiger partial charge in [0.15, 0.2) is 12.7 Å². The lowest BCUT2D eigenvalue weighted by atomic mass is 10.2. The van der Waals surface area contributed by atoms with Gasteiger partial charge in [-0.2, -0.15) is 0 Å². The largest absolute Gasteiger partial charge is 0.479 e. The Hall–Kier alpha value is -3.42. The van der Waals surface area contributed by atoms with Crippen molar-refractivity contribution in [3.8, 4) is 5.75 Å². The van der Waals surface area contributed by atoms with E-state index in [2.05, 4.69) is 10.6 Å². The molecule has 2 aromatic carbocycles. The predicted octanol–water partition coefficient (Wildman–Crippen LogP) is 2.73. The van der Waals surface area contributed by atoms with Crippen molar-refractivity contribution in [3.05, 3.63) is 54.3 Å². The molecule has 0 radical (unpaired) electrons. The molecular weight excluding hydrogens is 355 g/mol. The summed E-state index contributed by atoms with van der Waals surface area (Å²) < 4.78 is 23.1. The fraction of sp³-hybridized carbons (Fsp3) is 0.211. The van der Waals surface area contributed by atoms with Crippen molar-refractivity contribution >= 4 is 29.2 Å². The van der Waals surface area contributed by atoms with Crippen molar-refractivity contribution in [2.24, 2.45) is 0 Å². The van der Waals surface area contributed by atoms with E-state index in [1.54, 1.807) is 24.3 Å². The number of anilines is 2. The zero-order valence-corrected chi connectivity index (χ0v) is 14.8. The van der Waals surface area contributed by atoms with E-state index in [-0.39, 0.29) is 5.91 Å². The van der Waals surface area contributed by atoms with Crippen molar-refractivity contribution in [3.63, 3.8) is 0 Å². The topological polar surface area (TPSA) is 93.7 Å². The van der Waals surface area contributed by atoms with E-state index >= 15 is 0 Å². The van der Waals surface area contributed by atoms with Crippen molar-refractivity contribution in [2.45, 2.75) is 20.0 Å². The summed E-state index contributed by atoms with van der Waals surface area (Å²) in [5, 5.41) is 5.15. The van der Waals surface area contributed by atoms with Gasteiger partial charge in [-0.3, -0.25) is 9.59 Å². The third kappa shape index (κ3) is 6.77. The van der Waals surface area contributed by atoms with Crippen LogP contribution in [0.4, 0.5) is 15.8 Å². The minimum absolute atomic E-state index is 0.234. The number of rotatable bonds is 7. The quantitative estimate of drug-likeness (QED) is 0.727. The molecule has 0 spiro atoms. The van der Waals surface area contributed by atoms with Gasteiger partial charge in [0.2, 0.25) is 5.91 Å². The van der Waals surface area contributed by atoms with Crippen molar-refractivity contribution in [1.29, 1.82) is 0 Å². The second kappa shape index (κ2) is 9.33. The number of esters is 1. The third-order valence-electron chi connectivity index (χ3n) is 3.27. The summed E-state index contributed by atoms with van der Waals surface area (Å²) in [7, 11) is 0. The van der Waals surface area contributed by atoms with Crippen molar-refractivity contribution in [2.75, 3.05) is 17.2 Å². The van der Waals surface area contributed by atoms with Crippen LogP contribution in [0.1, 0.15) is 13.8 Å².